The number of benzene rings is 2. The number of fused-ring (bicyclic) bond motifs is 3. The number of rotatable bonds is 7. The number of pyridine rings is 2. The van der Waals surface area contributed by atoms with E-state index in [0.717, 1.165) is 11.3 Å². The van der Waals surface area contributed by atoms with Crippen molar-refractivity contribution in [3.63, 3.8) is 0 Å². The second-order valence-electron chi connectivity index (χ2n) is 8.00. The SMILES string of the molecule is COc1ccc(CSc2cc(F)c(CN3C(=O)OCc4cnc5nc(OC)ccc5c43)c(F)c2)cc1. The van der Waals surface area contributed by atoms with Crippen LogP contribution >= 0.6 is 11.8 Å². The second-order valence-corrected chi connectivity index (χ2v) is 9.05. The van der Waals surface area contributed by atoms with Crippen molar-refractivity contribution in [3.05, 3.63) is 83.1 Å². The lowest BCUT2D eigenvalue weighted by molar-refractivity contribution is 0.141. The lowest BCUT2D eigenvalue weighted by atomic mass is 10.1. The number of ether oxygens (including phenoxy) is 3. The first-order valence-corrected chi connectivity index (χ1v) is 12.0. The number of aromatic nitrogens is 2. The molecule has 0 saturated heterocycles. The Morgan fingerprint density at radius 2 is 1.81 bits per heavy atom. The molecular formula is C26H21F2N3O4S. The van der Waals surface area contributed by atoms with E-state index in [0.29, 0.717) is 38.8 Å². The zero-order valence-electron chi connectivity index (χ0n) is 19.5. The van der Waals surface area contributed by atoms with Gasteiger partial charge in [0.2, 0.25) is 5.88 Å². The van der Waals surface area contributed by atoms with E-state index in [1.54, 1.807) is 19.2 Å². The number of methoxy groups -OCH3 is 2. The third-order valence-corrected chi connectivity index (χ3v) is 6.84. The van der Waals surface area contributed by atoms with Gasteiger partial charge in [-0.25, -0.2) is 18.6 Å². The lowest BCUT2D eigenvalue weighted by Gasteiger charge is -2.30. The molecule has 36 heavy (non-hydrogen) atoms. The molecule has 4 aromatic rings. The Labute approximate surface area is 210 Å². The molecule has 0 fully saturated rings. The smallest absolute Gasteiger partial charge is 0.414 e. The summed E-state index contributed by atoms with van der Waals surface area (Å²) in [4.78, 5) is 23.0. The summed E-state index contributed by atoms with van der Waals surface area (Å²) in [5.41, 5.74) is 2.17. The normalized spacial score (nSPS) is 12.9. The van der Waals surface area contributed by atoms with Crippen molar-refractivity contribution in [3.8, 4) is 11.6 Å². The number of hydrogen-bond acceptors (Lipinski definition) is 7. The molecule has 2 aromatic heterocycles. The minimum Gasteiger partial charge on any atom is -0.497 e. The standard InChI is InChI=1S/C26H21F2N3O4S/c1-33-17-5-3-15(4-6-17)14-36-18-9-21(27)20(22(28)10-18)12-31-24-16(13-35-26(31)32)11-29-25-19(24)7-8-23(30-25)34-2/h3-11H,12-14H2,1-2H3. The molecule has 0 spiro atoms. The van der Waals surface area contributed by atoms with E-state index in [1.165, 1.54) is 42.1 Å². The van der Waals surface area contributed by atoms with Gasteiger partial charge in [0.1, 0.15) is 24.0 Å². The fourth-order valence-corrected chi connectivity index (χ4v) is 4.84. The molecule has 10 heteroatoms. The highest BCUT2D eigenvalue weighted by molar-refractivity contribution is 7.98. The van der Waals surface area contributed by atoms with Gasteiger partial charge in [0.25, 0.3) is 0 Å². The predicted octanol–water partition coefficient (Wildman–Crippen LogP) is 5.87. The van der Waals surface area contributed by atoms with Gasteiger partial charge >= 0.3 is 6.09 Å². The monoisotopic (exact) mass is 509 g/mol. The minimum absolute atomic E-state index is 0.00549. The summed E-state index contributed by atoms with van der Waals surface area (Å²) < 4.78 is 45.8. The maximum absolute atomic E-state index is 15.1. The average Bonchev–Trinajstić information content (AvgIpc) is 2.90. The maximum atomic E-state index is 15.1. The number of halogens is 2. The Kier molecular flexibility index (Phi) is 6.60. The molecule has 0 bridgehead atoms. The van der Waals surface area contributed by atoms with Gasteiger partial charge in [-0.05, 0) is 35.9 Å². The average molecular weight is 510 g/mol. The van der Waals surface area contributed by atoms with Crippen LogP contribution in [0.25, 0.3) is 11.0 Å². The van der Waals surface area contributed by atoms with Gasteiger partial charge in [0, 0.05) is 39.4 Å². The summed E-state index contributed by atoms with van der Waals surface area (Å²) in [6.45, 7) is -0.344. The largest absolute Gasteiger partial charge is 0.497 e. The summed E-state index contributed by atoms with van der Waals surface area (Å²) in [6, 6.07) is 13.4. The number of nitrogens with zero attached hydrogens (tertiary/aromatic N) is 3. The van der Waals surface area contributed by atoms with Crippen molar-refractivity contribution in [1.29, 1.82) is 0 Å². The fraction of sp³-hybridized carbons (Fsp3) is 0.192. The van der Waals surface area contributed by atoms with Crippen LogP contribution in [0, 0.1) is 11.6 Å². The molecule has 7 nitrogen and oxygen atoms in total. The zero-order valence-corrected chi connectivity index (χ0v) is 20.3. The van der Waals surface area contributed by atoms with E-state index >= 15 is 8.78 Å². The predicted molar refractivity (Wildman–Crippen MR) is 131 cm³/mol. The highest BCUT2D eigenvalue weighted by Crippen LogP contribution is 2.36. The molecule has 0 aliphatic carbocycles. The molecule has 0 radical (unpaired) electrons. The third-order valence-electron chi connectivity index (χ3n) is 5.80. The van der Waals surface area contributed by atoms with E-state index in [-0.39, 0.29) is 18.7 Å². The van der Waals surface area contributed by atoms with Gasteiger partial charge in [-0.1, -0.05) is 12.1 Å². The van der Waals surface area contributed by atoms with Crippen molar-refractivity contribution in [2.24, 2.45) is 0 Å². The minimum atomic E-state index is -0.745. The molecule has 1 aliphatic heterocycles. The molecule has 0 saturated carbocycles. The highest BCUT2D eigenvalue weighted by Gasteiger charge is 2.30. The molecule has 184 valence electrons. The highest BCUT2D eigenvalue weighted by atomic mass is 32.2. The van der Waals surface area contributed by atoms with Crippen LogP contribution in [0.5, 0.6) is 11.6 Å². The first-order valence-electron chi connectivity index (χ1n) is 11.0. The second kappa shape index (κ2) is 9.98. The topological polar surface area (TPSA) is 73.8 Å². The number of hydrogen-bond donors (Lipinski definition) is 0. The summed E-state index contributed by atoms with van der Waals surface area (Å²) >= 11 is 1.31. The van der Waals surface area contributed by atoms with Crippen LogP contribution in [0.3, 0.4) is 0 Å². The van der Waals surface area contributed by atoms with Crippen molar-refractivity contribution in [1.82, 2.24) is 9.97 Å². The molecule has 5 rings (SSSR count). The van der Waals surface area contributed by atoms with Crippen molar-refractivity contribution in [2.75, 3.05) is 19.1 Å². The van der Waals surface area contributed by atoms with Crippen LogP contribution in [-0.2, 0) is 23.6 Å². The van der Waals surface area contributed by atoms with E-state index in [2.05, 4.69) is 9.97 Å². The van der Waals surface area contributed by atoms with Crippen molar-refractivity contribution < 1.29 is 27.8 Å². The van der Waals surface area contributed by atoms with Crippen LogP contribution < -0.4 is 14.4 Å². The molecular weight excluding hydrogens is 488 g/mol. The molecule has 0 unspecified atom stereocenters. The van der Waals surface area contributed by atoms with E-state index < -0.39 is 17.7 Å². The Hall–Kier alpha value is -3.92. The lowest BCUT2D eigenvalue weighted by Crippen LogP contribution is -2.36. The Balaban J connectivity index is 1.42. The number of thioether (sulfide) groups is 1. The Bertz CT molecular complexity index is 1430. The summed E-state index contributed by atoms with van der Waals surface area (Å²) in [6.07, 6.45) is 0.831. The molecule has 2 aromatic carbocycles. The molecule has 1 aliphatic rings. The van der Waals surface area contributed by atoms with Gasteiger partial charge in [-0.2, -0.15) is 4.98 Å². The Morgan fingerprint density at radius 3 is 2.50 bits per heavy atom. The van der Waals surface area contributed by atoms with Gasteiger partial charge < -0.3 is 14.2 Å². The van der Waals surface area contributed by atoms with Crippen molar-refractivity contribution in [2.45, 2.75) is 23.8 Å². The first-order chi connectivity index (χ1) is 17.5. The summed E-state index contributed by atoms with van der Waals surface area (Å²) in [5, 5.41) is 0.553. The van der Waals surface area contributed by atoms with Gasteiger partial charge in [0.15, 0.2) is 5.65 Å². The molecule has 1 amide bonds. The van der Waals surface area contributed by atoms with Crippen LogP contribution in [-0.4, -0.2) is 30.3 Å². The summed E-state index contributed by atoms with van der Waals surface area (Å²) in [5.74, 6) is 0.139. The maximum Gasteiger partial charge on any atom is 0.414 e. The van der Waals surface area contributed by atoms with Crippen LogP contribution in [0.4, 0.5) is 19.3 Å². The van der Waals surface area contributed by atoms with Crippen LogP contribution in [0.2, 0.25) is 0 Å². The molecule has 0 N–H and O–H groups in total. The van der Waals surface area contributed by atoms with Crippen LogP contribution in [0.15, 0.2) is 59.6 Å². The van der Waals surface area contributed by atoms with E-state index in [9.17, 15) is 4.79 Å². The van der Waals surface area contributed by atoms with Crippen molar-refractivity contribution >= 4 is 34.6 Å². The first kappa shape index (κ1) is 23.8. The third kappa shape index (κ3) is 4.64. The zero-order chi connectivity index (χ0) is 25.2. The molecule has 0 atom stereocenters. The number of carbonyl (C=O) groups excluding carboxylic acids is 1. The van der Waals surface area contributed by atoms with E-state index in [4.69, 9.17) is 14.2 Å². The number of carbonyl (C=O) groups is 1. The number of cyclic esters (lactones) is 1. The van der Waals surface area contributed by atoms with E-state index in [1.807, 2.05) is 24.3 Å². The van der Waals surface area contributed by atoms with Gasteiger partial charge in [-0.3, -0.25) is 4.90 Å². The summed E-state index contributed by atoms with van der Waals surface area (Å²) in [7, 11) is 3.08. The quantitative estimate of drug-likeness (QED) is 0.288. The number of anilines is 1. The van der Waals surface area contributed by atoms with Crippen LogP contribution in [0.1, 0.15) is 16.7 Å². The van der Waals surface area contributed by atoms with Gasteiger partial charge in [-0.15, -0.1) is 11.8 Å². The Morgan fingerprint density at radius 1 is 1.06 bits per heavy atom. The van der Waals surface area contributed by atoms with Gasteiger partial charge in [0.05, 0.1) is 26.5 Å². The molecule has 3 heterocycles. The fourth-order valence-electron chi connectivity index (χ4n) is 3.94. The number of amides is 1.